The number of aliphatic hydroxyl groups excluding tert-OH is 1. The fourth-order valence-corrected chi connectivity index (χ4v) is 1.81. The predicted octanol–water partition coefficient (Wildman–Crippen LogP) is 5.18. The van der Waals surface area contributed by atoms with E-state index in [1.807, 2.05) is 60.6 Å². The summed E-state index contributed by atoms with van der Waals surface area (Å²) in [7, 11) is 4.15. The molecule has 0 saturated carbocycles. The van der Waals surface area contributed by atoms with E-state index in [1.165, 1.54) is 5.56 Å². The van der Waals surface area contributed by atoms with Gasteiger partial charge in [0.1, 0.15) is 0 Å². The highest BCUT2D eigenvalue weighted by molar-refractivity contribution is 7.80. The van der Waals surface area contributed by atoms with Crippen molar-refractivity contribution in [3.63, 3.8) is 0 Å². The van der Waals surface area contributed by atoms with Gasteiger partial charge in [-0.1, -0.05) is 60.6 Å². The number of aryl methyl sites for hydroxylation is 1. The number of hydrogen-bond acceptors (Lipinski definition) is 7. The van der Waals surface area contributed by atoms with Crippen LogP contribution in [0.15, 0.2) is 28.7 Å². The van der Waals surface area contributed by atoms with Gasteiger partial charge in [0.25, 0.3) is 0 Å². The average molecular weight is 445 g/mol. The van der Waals surface area contributed by atoms with Crippen LogP contribution in [0.3, 0.4) is 0 Å². The zero-order valence-corrected chi connectivity index (χ0v) is 21.6. The number of nitrogens with zero attached hydrogens (tertiary/aromatic N) is 3. The van der Waals surface area contributed by atoms with Gasteiger partial charge in [-0.25, -0.2) is 0 Å². The molecule has 1 aromatic carbocycles. The Morgan fingerprint density at radius 2 is 1.57 bits per heavy atom. The van der Waals surface area contributed by atoms with Crippen molar-refractivity contribution in [3.8, 4) is 11.5 Å². The van der Waals surface area contributed by atoms with Crippen LogP contribution in [0.2, 0.25) is 0 Å². The lowest BCUT2D eigenvalue weighted by atomic mass is 10.1. The molecule has 0 aliphatic rings. The minimum atomic E-state index is 0. The monoisotopic (exact) mass is 444 g/mol. The van der Waals surface area contributed by atoms with Gasteiger partial charge in [0.2, 0.25) is 11.8 Å². The van der Waals surface area contributed by atoms with Gasteiger partial charge in [-0.2, -0.15) is 12.6 Å². The number of likely N-dealkylation sites (N-methyl/N-ethyl adjacent to an activating group) is 1. The van der Waals surface area contributed by atoms with Gasteiger partial charge in [0, 0.05) is 38.8 Å². The highest BCUT2D eigenvalue weighted by atomic mass is 32.1. The molecule has 2 N–H and O–H groups in total. The van der Waals surface area contributed by atoms with Crippen LogP contribution in [-0.4, -0.2) is 59.7 Å². The van der Waals surface area contributed by atoms with Crippen molar-refractivity contribution in [1.29, 1.82) is 0 Å². The quantitative estimate of drug-likeness (QED) is 0.385. The van der Waals surface area contributed by atoms with Crippen LogP contribution in [0.25, 0.3) is 11.5 Å². The third-order valence-electron chi connectivity index (χ3n) is 3.14. The fourth-order valence-electron chi connectivity index (χ4n) is 1.81. The zero-order chi connectivity index (χ0) is 23.8. The average Bonchev–Trinajstić information content (AvgIpc) is 3.30. The van der Waals surface area contributed by atoms with E-state index < -0.39 is 0 Å². The van der Waals surface area contributed by atoms with E-state index in [0.29, 0.717) is 17.5 Å². The standard InChI is InChI=1S/C15H22N4O.C2H6OS.3C2H6.H2/c1-4-14-17-18-15(20-14)13-7-5-12(6-8-13)11-16-9-10-19(2)3;3-1-2-4;3*1-2;/h5-8,16H,4,9-11H2,1-3H3;3-4H,1-2H2;3*1-2H3;1H. The van der Waals surface area contributed by atoms with Crippen molar-refractivity contribution in [1.82, 2.24) is 20.4 Å². The van der Waals surface area contributed by atoms with Crippen LogP contribution < -0.4 is 5.32 Å². The molecule has 0 unspecified atom stereocenters. The molecule has 2 aromatic rings. The van der Waals surface area contributed by atoms with Crippen molar-refractivity contribution in [3.05, 3.63) is 35.7 Å². The number of benzene rings is 1. The maximum absolute atomic E-state index is 7.80. The Morgan fingerprint density at radius 3 is 1.97 bits per heavy atom. The van der Waals surface area contributed by atoms with Gasteiger partial charge < -0.3 is 19.7 Å². The molecule has 178 valence electrons. The van der Waals surface area contributed by atoms with Crippen molar-refractivity contribution < 1.29 is 11.0 Å². The van der Waals surface area contributed by atoms with Crippen LogP contribution in [0, 0.1) is 0 Å². The van der Waals surface area contributed by atoms with E-state index in [2.05, 4.69) is 59.3 Å². The van der Waals surface area contributed by atoms with Crippen LogP contribution in [0.1, 0.15) is 61.3 Å². The maximum atomic E-state index is 7.80. The molecule has 0 aliphatic heterocycles. The summed E-state index contributed by atoms with van der Waals surface area (Å²) in [4.78, 5) is 2.16. The van der Waals surface area contributed by atoms with Crippen molar-refractivity contribution in [2.45, 2.75) is 61.4 Å². The van der Waals surface area contributed by atoms with Crippen LogP contribution in [-0.2, 0) is 13.0 Å². The topological polar surface area (TPSA) is 74.4 Å². The smallest absolute Gasteiger partial charge is 0.247 e. The Bertz CT molecular complexity index is 565. The lowest BCUT2D eigenvalue weighted by molar-refractivity contribution is 0.323. The van der Waals surface area contributed by atoms with Gasteiger partial charge >= 0.3 is 0 Å². The molecular weight excluding hydrogens is 396 g/mol. The molecule has 1 heterocycles. The largest absolute Gasteiger partial charge is 0.421 e. The normalized spacial score (nSPS) is 9.07. The second-order valence-corrected chi connectivity index (χ2v) is 5.93. The molecule has 2 rings (SSSR count). The molecule has 6 nitrogen and oxygen atoms in total. The van der Waals surface area contributed by atoms with E-state index in [-0.39, 0.29) is 8.03 Å². The number of aromatic nitrogens is 2. The van der Waals surface area contributed by atoms with Gasteiger partial charge in [0.05, 0.1) is 6.61 Å². The lowest BCUT2D eigenvalue weighted by Gasteiger charge is -2.10. The Kier molecular flexibility index (Phi) is 28.4. The second kappa shape index (κ2) is 25.6. The Hall–Kier alpha value is -1.41. The molecule has 30 heavy (non-hydrogen) atoms. The van der Waals surface area contributed by atoms with Gasteiger partial charge in [-0.3, -0.25) is 0 Å². The second-order valence-electron chi connectivity index (χ2n) is 5.48. The minimum Gasteiger partial charge on any atom is -0.421 e. The fraction of sp³-hybridized carbons (Fsp3) is 0.652. The van der Waals surface area contributed by atoms with Gasteiger partial charge in [0.15, 0.2) is 0 Å². The summed E-state index contributed by atoms with van der Waals surface area (Å²) in [5, 5.41) is 19.2. The predicted molar refractivity (Wildman–Crippen MR) is 136 cm³/mol. The third-order valence-corrected chi connectivity index (χ3v) is 3.34. The number of thiol groups is 1. The van der Waals surface area contributed by atoms with Crippen LogP contribution in [0.5, 0.6) is 0 Å². The number of aliphatic hydroxyl groups is 1. The number of rotatable bonds is 8. The van der Waals surface area contributed by atoms with Crippen molar-refractivity contribution >= 4 is 12.6 Å². The molecule has 0 bridgehead atoms. The SMILES string of the molecule is CC.CC.CC.CCc1nnc(-c2ccc(CNCCN(C)C)cc2)o1.OCCS.[HH]. The first-order valence-corrected chi connectivity index (χ1v) is 11.7. The number of hydrogen-bond donors (Lipinski definition) is 3. The lowest BCUT2D eigenvalue weighted by Crippen LogP contribution is -2.26. The van der Waals surface area contributed by atoms with E-state index in [0.717, 1.165) is 31.6 Å². The molecule has 0 saturated heterocycles. The Balaban J connectivity index is -0.000000287. The molecule has 0 atom stereocenters. The first-order valence-electron chi connectivity index (χ1n) is 11.1. The maximum Gasteiger partial charge on any atom is 0.247 e. The molecule has 0 fully saturated rings. The zero-order valence-electron chi connectivity index (χ0n) is 20.7. The summed E-state index contributed by atoms with van der Waals surface area (Å²) < 4.78 is 5.54. The van der Waals surface area contributed by atoms with Crippen molar-refractivity contribution in [2.24, 2.45) is 0 Å². The summed E-state index contributed by atoms with van der Waals surface area (Å²) in [5.41, 5.74) is 2.22. The molecule has 7 heteroatoms. The third kappa shape index (κ3) is 17.4. The van der Waals surface area contributed by atoms with Gasteiger partial charge in [-0.15, -0.1) is 10.2 Å². The Labute approximate surface area is 192 Å². The molecular formula is C23H48N4O2S. The first kappa shape index (κ1) is 33.2. The summed E-state index contributed by atoms with van der Waals surface area (Å²) in [6.07, 6.45) is 0.765. The van der Waals surface area contributed by atoms with Crippen LogP contribution >= 0.6 is 12.6 Å². The van der Waals surface area contributed by atoms with E-state index in [4.69, 9.17) is 9.52 Å². The van der Waals surface area contributed by atoms with E-state index >= 15 is 0 Å². The van der Waals surface area contributed by atoms with E-state index in [9.17, 15) is 0 Å². The van der Waals surface area contributed by atoms with Gasteiger partial charge in [-0.05, 0) is 31.8 Å². The molecule has 0 amide bonds. The molecule has 0 spiro atoms. The Morgan fingerprint density at radius 1 is 1.03 bits per heavy atom. The minimum absolute atomic E-state index is 0. The summed E-state index contributed by atoms with van der Waals surface area (Å²) in [6, 6.07) is 8.23. The molecule has 0 radical (unpaired) electrons. The first-order chi connectivity index (χ1) is 14.6. The summed E-state index contributed by atoms with van der Waals surface area (Å²) >= 11 is 3.67. The van der Waals surface area contributed by atoms with E-state index in [1.54, 1.807) is 0 Å². The molecule has 0 aliphatic carbocycles. The van der Waals surface area contributed by atoms with Crippen molar-refractivity contribution in [2.75, 3.05) is 39.5 Å². The highest BCUT2D eigenvalue weighted by Gasteiger charge is 2.06. The van der Waals surface area contributed by atoms with Crippen LogP contribution in [0.4, 0.5) is 0 Å². The molecule has 1 aromatic heterocycles. The summed E-state index contributed by atoms with van der Waals surface area (Å²) in [6.45, 7) is 17.1. The highest BCUT2D eigenvalue weighted by Crippen LogP contribution is 2.18. The number of nitrogens with one attached hydrogen (secondary N) is 1. The summed E-state index contributed by atoms with van der Waals surface area (Å²) in [5.74, 6) is 1.84.